The maximum absolute atomic E-state index is 6.85. The van der Waals surface area contributed by atoms with E-state index in [1.165, 1.54) is 0 Å². The van der Waals surface area contributed by atoms with E-state index in [0.29, 0.717) is 0 Å². The molecule has 0 aliphatic carbocycles. The summed E-state index contributed by atoms with van der Waals surface area (Å²) in [5.41, 5.74) is 8.40. The zero-order valence-corrected chi connectivity index (χ0v) is 7.52. The number of hydrogen-bond donors (Lipinski definition) is 3. The van der Waals surface area contributed by atoms with Crippen LogP contribution in [0.25, 0.3) is 0 Å². The van der Waals surface area contributed by atoms with Crippen molar-refractivity contribution in [2.24, 2.45) is 16.3 Å². The van der Waals surface area contributed by atoms with Crippen molar-refractivity contribution in [3.05, 3.63) is 0 Å². The summed E-state index contributed by atoms with van der Waals surface area (Å²) >= 11 is 0. The predicted molar refractivity (Wildman–Crippen MR) is 54.3 cm³/mol. The van der Waals surface area contributed by atoms with Gasteiger partial charge in [0, 0.05) is 11.1 Å². The Morgan fingerprint density at radius 2 is 1.83 bits per heavy atom. The molecule has 0 spiro atoms. The minimum absolute atomic E-state index is 0. The molecule has 0 aliphatic rings. The van der Waals surface area contributed by atoms with Gasteiger partial charge >= 0.3 is 0 Å². The van der Waals surface area contributed by atoms with Gasteiger partial charge < -0.3 is 5.73 Å². The monoisotopic (exact) mass is 172 g/mol. The first-order valence-electron chi connectivity index (χ1n) is 3.49. The van der Waals surface area contributed by atoms with Crippen LogP contribution in [-0.2, 0) is 0 Å². The molecule has 0 aromatic heterocycles. The van der Waals surface area contributed by atoms with E-state index in [2.05, 4.69) is 10.5 Å². The van der Waals surface area contributed by atoms with Crippen LogP contribution in [0.5, 0.6) is 0 Å². The molecule has 0 rings (SSSR count). The first-order valence-corrected chi connectivity index (χ1v) is 3.49. The predicted octanol–water partition coefficient (Wildman–Crippen LogP) is 1.53. The van der Waals surface area contributed by atoms with E-state index >= 15 is 0 Å². The highest BCUT2D eigenvalue weighted by Crippen LogP contribution is 2.14. The van der Waals surface area contributed by atoms with Crippen LogP contribution in [0, 0.1) is 10.8 Å². The number of guanidine groups is 1. The van der Waals surface area contributed by atoms with Gasteiger partial charge in [-0.2, -0.15) is 5.10 Å². The molecule has 0 saturated heterocycles. The minimum Gasteiger partial charge on any atom is -0.369 e. The average Bonchev–Trinajstić information content (AvgIpc) is 1.80. The van der Waals surface area contributed by atoms with Gasteiger partial charge in [0.25, 0.3) is 0 Å². The van der Waals surface area contributed by atoms with Gasteiger partial charge in [0.15, 0.2) is 0 Å². The first kappa shape index (κ1) is 13.5. The largest absolute Gasteiger partial charge is 0.369 e. The maximum Gasteiger partial charge on any atom is 0.206 e. The molecule has 0 unspecified atom stereocenters. The van der Waals surface area contributed by atoms with Crippen LogP contribution in [0.3, 0.4) is 0 Å². The van der Waals surface area contributed by atoms with Crippen molar-refractivity contribution in [1.29, 1.82) is 5.41 Å². The van der Waals surface area contributed by atoms with E-state index in [4.69, 9.17) is 11.1 Å². The Morgan fingerprint density at radius 1 is 1.42 bits per heavy atom. The van der Waals surface area contributed by atoms with Crippen LogP contribution in [0.15, 0.2) is 5.10 Å². The van der Waals surface area contributed by atoms with Crippen molar-refractivity contribution >= 4 is 11.7 Å². The zero-order chi connectivity index (χ0) is 9.07. The van der Waals surface area contributed by atoms with E-state index in [9.17, 15) is 0 Å². The molecule has 4 nitrogen and oxygen atoms in total. The zero-order valence-electron chi connectivity index (χ0n) is 7.52. The summed E-state index contributed by atoms with van der Waals surface area (Å²) in [6, 6.07) is 0. The van der Waals surface area contributed by atoms with Gasteiger partial charge in [-0.25, -0.2) is 5.43 Å². The summed E-state index contributed by atoms with van der Waals surface area (Å²) in [6.07, 6.45) is 0. The summed E-state index contributed by atoms with van der Waals surface area (Å²) in [4.78, 5) is 0. The fourth-order valence-corrected chi connectivity index (χ4v) is 0.312. The van der Waals surface area contributed by atoms with Crippen LogP contribution in [-0.4, -0.2) is 11.7 Å². The van der Waals surface area contributed by atoms with Gasteiger partial charge in [0.2, 0.25) is 5.96 Å². The molecule has 0 amide bonds. The number of nitrogens with one attached hydrogen (secondary N) is 2. The summed E-state index contributed by atoms with van der Waals surface area (Å²) in [7, 11) is 0. The summed E-state index contributed by atoms with van der Waals surface area (Å²) in [5.74, 6) is -0.131. The van der Waals surface area contributed by atoms with E-state index in [1.807, 2.05) is 27.7 Å². The molecular weight excluding hydrogens is 152 g/mol. The molecule has 0 fully saturated rings. The smallest absolute Gasteiger partial charge is 0.206 e. The summed E-state index contributed by atoms with van der Waals surface area (Å²) in [5, 5.41) is 10.8. The second-order valence-electron chi connectivity index (χ2n) is 3.47. The van der Waals surface area contributed by atoms with Crippen LogP contribution in [0.1, 0.15) is 35.1 Å². The van der Waals surface area contributed by atoms with Gasteiger partial charge in [0.1, 0.15) is 0 Å². The van der Waals surface area contributed by atoms with Crippen LogP contribution >= 0.6 is 0 Å². The Bertz CT molecular complexity index is 176. The number of rotatable bonds is 1. The van der Waals surface area contributed by atoms with Gasteiger partial charge in [-0.15, -0.1) is 0 Å². The van der Waals surface area contributed by atoms with Crippen molar-refractivity contribution in [3.63, 3.8) is 0 Å². The third kappa shape index (κ3) is 5.70. The van der Waals surface area contributed by atoms with E-state index in [1.54, 1.807) is 0 Å². The lowest BCUT2D eigenvalue weighted by Crippen LogP contribution is -2.29. The SMILES string of the molecule is C.C/C(=N\NC(=N)N)C(C)(C)C. The topological polar surface area (TPSA) is 74.3 Å². The average molecular weight is 172 g/mol. The molecule has 0 radical (unpaired) electrons. The molecule has 0 saturated carbocycles. The number of nitrogens with zero attached hydrogens (tertiary/aromatic N) is 1. The Labute approximate surface area is 74.7 Å². The van der Waals surface area contributed by atoms with Gasteiger partial charge in [-0.05, 0) is 6.92 Å². The van der Waals surface area contributed by atoms with Crippen molar-refractivity contribution in [2.45, 2.75) is 35.1 Å². The maximum atomic E-state index is 6.85. The van der Waals surface area contributed by atoms with Crippen LogP contribution in [0.4, 0.5) is 0 Å². The molecule has 0 aromatic carbocycles. The van der Waals surface area contributed by atoms with Gasteiger partial charge in [0.05, 0.1) is 0 Å². The number of hydrogen-bond acceptors (Lipinski definition) is 2. The van der Waals surface area contributed by atoms with E-state index in [-0.39, 0.29) is 18.8 Å². The highest BCUT2D eigenvalue weighted by Gasteiger charge is 2.13. The minimum atomic E-state index is -0.131. The lowest BCUT2D eigenvalue weighted by Gasteiger charge is -2.17. The van der Waals surface area contributed by atoms with Crippen molar-refractivity contribution in [3.8, 4) is 0 Å². The molecule has 0 heterocycles. The molecule has 0 aromatic rings. The molecule has 4 N–H and O–H groups in total. The standard InChI is InChI=1S/C7H16N4.CH4/c1-5(7(2,3)4)10-11-6(8)9;/h1-4H3,(H4,8,9,11);1H4/b10-5+;. The molecule has 0 aliphatic heterocycles. The Morgan fingerprint density at radius 3 is 2.08 bits per heavy atom. The Balaban J connectivity index is 0. The molecular formula is C8H20N4. The molecule has 0 atom stereocenters. The highest BCUT2D eigenvalue weighted by atomic mass is 15.3. The third-order valence-corrected chi connectivity index (χ3v) is 1.43. The van der Waals surface area contributed by atoms with Crippen molar-refractivity contribution < 1.29 is 0 Å². The second kappa shape index (κ2) is 4.74. The number of hydrazone groups is 1. The highest BCUT2D eigenvalue weighted by molar-refractivity contribution is 5.88. The lowest BCUT2D eigenvalue weighted by molar-refractivity contribution is 0.583. The van der Waals surface area contributed by atoms with Gasteiger partial charge in [-0.3, -0.25) is 5.41 Å². The normalized spacial score (nSPS) is 11.8. The van der Waals surface area contributed by atoms with Crippen molar-refractivity contribution in [2.75, 3.05) is 0 Å². The summed E-state index contributed by atoms with van der Waals surface area (Å²) in [6.45, 7) is 8.05. The molecule has 12 heavy (non-hydrogen) atoms. The Hall–Kier alpha value is -1.06. The van der Waals surface area contributed by atoms with E-state index < -0.39 is 0 Å². The Kier molecular flexibility index (Phi) is 5.35. The lowest BCUT2D eigenvalue weighted by atomic mass is 9.91. The third-order valence-electron chi connectivity index (χ3n) is 1.43. The van der Waals surface area contributed by atoms with Crippen molar-refractivity contribution in [1.82, 2.24) is 5.43 Å². The first-order chi connectivity index (χ1) is 4.84. The second-order valence-corrected chi connectivity index (χ2v) is 3.47. The quantitative estimate of drug-likeness (QED) is 0.319. The fourth-order valence-electron chi connectivity index (χ4n) is 0.312. The molecule has 4 heteroatoms. The van der Waals surface area contributed by atoms with Crippen LogP contribution < -0.4 is 11.2 Å². The fraction of sp³-hybridized carbons (Fsp3) is 0.750. The van der Waals surface area contributed by atoms with Crippen LogP contribution in [0.2, 0.25) is 0 Å². The van der Waals surface area contributed by atoms with Gasteiger partial charge in [-0.1, -0.05) is 28.2 Å². The number of nitrogens with two attached hydrogens (primary N) is 1. The molecule has 72 valence electrons. The summed E-state index contributed by atoms with van der Waals surface area (Å²) < 4.78 is 0. The van der Waals surface area contributed by atoms with E-state index in [0.717, 1.165) is 5.71 Å². The molecule has 0 bridgehead atoms.